The van der Waals surface area contributed by atoms with Crippen LogP contribution in [0.15, 0.2) is 30.5 Å². The zero-order chi connectivity index (χ0) is 15.5. The second kappa shape index (κ2) is 6.23. The van der Waals surface area contributed by atoms with Crippen LogP contribution in [0.5, 0.6) is 0 Å². The molecule has 0 atom stereocenters. The average Bonchev–Trinajstić information content (AvgIpc) is 2.80. The van der Waals surface area contributed by atoms with Crippen LogP contribution >= 0.6 is 11.3 Å². The number of aryl methyl sites for hydroxylation is 1. The Hall–Kier alpha value is -1.93. The molecule has 21 heavy (non-hydrogen) atoms. The minimum atomic E-state index is -3.43. The van der Waals surface area contributed by atoms with Crippen LogP contribution in [0.1, 0.15) is 20.2 Å². The first-order chi connectivity index (χ1) is 9.85. The maximum absolute atomic E-state index is 12.2. The number of carbonyl (C=O) groups is 1. The fourth-order valence-electron chi connectivity index (χ4n) is 1.72. The van der Waals surface area contributed by atoms with Gasteiger partial charge in [0, 0.05) is 11.1 Å². The van der Waals surface area contributed by atoms with Crippen molar-refractivity contribution in [2.75, 3.05) is 11.0 Å². The van der Waals surface area contributed by atoms with Crippen LogP contribution in [0.4, 0.5) is 5.69 Å². The molecular weight excluding hydrogens is 310 g/mol. The largest absolute Gasteiger partial charge is 0.347 e. The highest BCUT2D eigenvalue weighted by Crippen LogP contribution is 2.17. The van der Waals surface area contributed by atoms with Crippen molar-refractivity contribution in [2.24, 2.45) is 0 Å². The predicted molar refractivity (Wildman–Crippen MR) is 82.9 cm³/mol. The van der Waals surface area contributed by atoms with Crippen molar-refractivity contribution in [1.82, 2.24) is 10.3 Å². The topological polar surface area (TPSA) is 88.2 Å². The number of sulfonamides is 1. The van der Waals surface area contributed by atoms with Gasteiger partial charge in [-0.15, -0.1) is 11.3 Å². The monoisotopic (exact) mass is 325 g/mol. The molecule has 8 heteroatoms. The van der Waals surface area contributed by atoms with Crippen molar-refractivity contribution < 1.29 is 13.2 Å². The standard InChI is InChI=1S/C13H15N3O3S2/c1-9-14-7-10(20-9)8-15-13(17)11-5-3-4-6-12(11)16-21(2,18)19/h3-7,16H,8H2,1-2H3,(H,15,17). The lowest BCUT2D eigenvalue weighted by Crippen LogP contribution is -2.24. The number of hydrogen-bond acceptors (Lipinski definition) is 5. The van der Waals surface area contributed by atoms with E-state index >= 15 is 0 Å². The van der Waals surface area contributed by atoms with E-state index in [9.17, 15) is 13.2 Å². The lowest BCUT2D eigenvalue weighted by molar-refractivity contribution is 0.0952. The molecular formula is C13H15N3O3S2. The van der Waals surface area contributed by atoms with E-state index in [1.807, 2.05) is 6.92 Å². The van der Waals surface area contributed by atoms with E-state index in [4.69, 9.17) is 0 Å². The lowest BCUT2D eigenvalue weighted by Gasteiger charge is -2.10. The first kappa shape index (κ1) is 15.5. The van der Waals surface area contributed by atoms with Gasteiger partial charge in [0.15, 0.2) is 0 Å². The van der Waals surface area contributed by atoms with Gasteiger partial charge in [0.05, 0.1) is 29.1 Å². The second-order valence-electron chi connectivity index (χ2n) is 4.45. The Morgan fingerprint density at radius 2 is 2.05 bits per heavy atom. The Bertz CT molecular complexity index is 754. The number of amides is 1. The third-order valence-electron chi connectivity index (χ3n) is 2.56. The van der Waals surface area contributed by atoms with E-state index in [1.54, 1.807) is 30.5 Å². The highest BCUT2D eigenvalue weighted by molar-refractivity contribution is 7.92. The number of nitrogens with zero attached hydrogens (tertiary/aromatic N) is 1. The van der Waals surface area contributed by atoms with Crippen molar-refractivity contribution >= 4 is 33.0 Å². The Balaban J connectivity index is 2.12. The van der Waals surface area contributed by atoms with Crippen LogP contribution < -0.4 is 10.0 Å². The fourth-order valence-corrected chi connectivity index (χ4v) is 3.03. The van der Waals surface area contributed by atoms with Gasteiger partial charge in [-0.25, -0.2) is 13.4 Å². The number of thiazole rings is 1. The van der Waals surface area contributed by atoms with Gasteiger partial charge in [0.1, 0.15) is 0 Å². The van der Waals surface area contributed by atoms with Crippen molar-refractivity contribution in [3.8, 4) is 0 Å². The first-order valence-corrected chi connectivity index (χ1v) is 8.82. The molecule has 0 spiro atoms. The second-order valence-corrected chi connectivity index (χ2v) is 7.52. The summed E-state index contributed by atoms with van der Waals surface area (Å²) in [4.78, 5) is 17.2. The molecule has 1 aromatic heterocycles. The molecule has 0 aliphatic heterocycles. The third kappa shape index (κ3) is 4.54. The molecule has 1 aromatic carbocycles. The lowest BCUT2D eigenvalue weighted by atomic mass is 10.1. The van der Waals surface area contributed by atoms with Crippen molar-refractivity contribution in [3.05, 3.63) is 45.9 Å². The molecule has 0 bridgehead atoms. The quantitative estimate of drug-likeness (QED) is 0.876. The smallest absolute Gasteiger partial charge is 0.253 e. The molecule has 6 nitrogen and oxygen atoms in total. The summed E-state index contributed by atoms with van der Waals surface area (Å²) in [5.41, 5.74) is 0.544. The number of hydrogen-bond donors (Lipinski definition) is 2. The zero-order valence-corrected chi connectivity index (χ0v) is 13.2. The molecule has 0 radical (unpaired) electrons. The predicted octanol–water partition coefficient (Wildman–Crippen LogP) is 1.75. The number of carbonyl (C=O) groups excluding carboxylic acids is 1. The molecule has 0 aliphatic carbocycles. The summed E-state index contributed by atoms with van der Waals surface area (Å²) in [6.45, 7) is 2.25. The van der Waals surface area contributed by atoms with Gasteiger partial charge in [-0.1, -0.05) is 12.1 Å². The molecule has 1 heterocycles. The van der Waals surface area contributed by atoms with Crippen molar-refractivity contribution in [1.29, 1.82) is 0 Å². The van der Waals surface area contributed by atoms with Gasteiger partial charge in [-0.3, -0.25) is 9.52 Å². The van der Waals surface area contributed by atoms with Gasteiger partial charge in [-0.05, 0) is 19.1 Å². The maximum atomic E-state index is 12.2. The molecule has 0 saturated carbocycles. The normalized spacial score (nSPS) is 11.1. The molecule has 0 saturated heterocycles. The van der Waals surface area contributed by atoms with Crippen LogP contribution in [-0.2, 0) is 16.6 Å². The van der Waals surface area contributed by atoms with E-state index in [0.717, 1.165) is 16.1 Å². The molecule has 2 rings (SSSR count). The minimum Gasteiger partial charge on any atom is -0.347 e. The Labute approximate surface area is 127 Å². The summed E-state index contributed by atoms with van der Waals surface area (Å²) in [6.07, 6.45) is 2.75. The summed E-state index contributed by atoms with van der Waals surface area (Å²) >= 11 is 1.50. The van der Waals surface area contributed by atoms with E-state index in [0.29, 0.717) is 6.54 Å². The number of aromatic nitrogens is 1. The minimum absolute atomic E-state index is 0.262. The van der Waals surface area contributed by atoms with E-state index in [2.05, 4.69) is 15.0 Å². The van der Waals surface area contributed by atoms with Crippen LogP contribution in [0, 0.1) is 6.92 Å². The number of anilines is 1. The first-order valence-electron chi connectivity index (χ1n) is 6.11. The number of rotatable bonds is 5. The van der Waals surface area contributed by atoms with Crippen LogP contribution in [0.2, 0.25) is 0 Å². The van der Waals surface area contributed by atoms with Gasteiger partial charge < -0.3 is 5.32 Å². The molecule has 0 aliphatic rings. The summed E-state index contributed by atoms with van der Waals surface area (Å²) in [6, 6.07) is 6.46. The van der Waals surface area contributed by atoms with E-state index < -0.39 is 10.0 Å². The number of nitrogens with one attached hydrogen (secondary N) is 2. The Kier molecular flexibility index (Phi) is 4.59. The number of para-hydroxylation sites is 1. The summed E-state index contributed by atoms with van der Waals surface area (Å²) in [5.74, 6) is -0.340. The molecule has 112 valence electrons. The van der Waals surface area contributed by atoms with Crippen molar-refractivity contribution in [2.45, 2.75) is 13.5 Å². The van der Waals surface area contributed by atoms with Crippen molar-refractivity contribution in [3.63, 3.8) is 0 Å². The fraction of sp³-hybridized carbons (Fsp3) is 0.231. The zero-order valence-electron chi connectivity index (χ0n) is 11.6. The van der Waals surface area contributed by atoms with Gasteiger partial charge in [0.25, 0.3) is 5.91 Å². The molecule has 1 amide bonds. The van der Waals surface area contributed by atoms with Gasteiger partial charge in [0.2, 0.25) is 10.0 Å². The van der Waals surface area contributed by atoms with Crippen LogP contribution in [-0.4, -0.2) is 25.6 Å². The third-order valence-corrected chi connectivity index (χ3v) is 4.06. The maximum Gasteiger partial charge on any atom is 0.253 e. The summed E-state index contributed by atoms with van der Waals surface area (Å²) in [7, 11) is -3.43. The van der Waals surface area contributed by atoms with E-state index in [-0.39, 0.29) is 17.2 Å². The number of benzene rings is 1. The average molecular weight is 325 g/mol. The summed E-state index contributed by atoms with van der Waals surface area (Å²) < 4.78 is 25.0. The van der Waals surface area contributed by atoms with Crippen LogP contribution in [0.25, 0.3) is 0 Å². The molecule has 2 N–H and O–H groups in total. The Morgan fingerprint density at radius 3 is 2.67 bits per heavy atom. The molecule has 0 unspecified atom stereocenters. The highest BCUT2D eigenvalue weighted by atomic mass is 32.2. The van der Waals surface area contributed by atoms with Gasteiger partial charge in [-0.2, -0.15) is 0 Å². The van der Waals surface area contributed by atoms with E-state index in [1.165, 1.54) is 11.3 Å². The molecule has 2 aromatic rings. The van der Waals surface area contributed by atoms with Gasteiger partial charge >= 0.3 is 0 Å². The molecule has 0 fully saturated rings. The van der Waals surface area contributed by atoms with Crippen LogP contribution in [0.3, 0.4) is 0 Å². The SMILES string of the molecule is Cc1ncc(CNC(=O)c2ccccc2NS(C)(=O)=O)s1. The summed E-state index contributed by atoms with van der Waals surface area (Å²) in [5, 5.41) is 3.68. The Morgan fingerprint density at radius 1 is 1.33 bits per heavy atom. The highest BCUT2D eigenvalue weighted by Gasteiger charge is 2.13.